The van der Waals surface area contributed by atoms with Gasteiger partial charge in [-0.25, -0.2) is 9.37 Å². The molecule has 5 nitrogen and oxygen atoms in total. The van der Waals surface area contributed by atoms with E-state index in [0.29, 0.717) is 11.4 Å². The number of carbonyl (C=O) groups is 1. The second kappa shape index (κ2) is 8.07. The number of aromatic nitrogens is 1. The van der Waals surface area contributed by atoms with Crippen LogP contribution in [0.3, 0.4) is 0 Å². The molecule has 0 aliphatic heterocycles. The van der Waals surface area contributed by atoms with Crippen molar-refractivity contribution in [3.63, 3.8) is 0 Å². The minimum absolute atomic E-state index is 0.137. The number of nitrogens with zero attached hydrogens (tertiary/aromatic N) is 1. The molecule has 0 saturated carbocycles. The van der Waals surface area contributed by atoms with Crippen molar-refractivity contribution in [3.05, 3.63) is 59.5 Å². The molecule has 2 N–H and O–H groups in total. The van der Waals surface area contributed by atoms with Gasteiger partial charge >= 0.3 is 0 Å². The highest BCUT2D eigenvalue weighted by molar-refractivity contribution is 5.76. The molecular formula is C19H23FN2O3. The fraction of sp³-hybridized carbons (Fsp3) is 0.368. The number of nitrogens with one attached hydrogen (secondary N) is 1. The first-order chi connectivity index (χ1) is 11.7. The molecule has 1 heterocycles. The number of hydrogen-bond donors (Lipinski definition) is 2. The van der Waals surface area contributed by atoms with Gasteiger partial charge in [0, 0.05) is 18.8 Å². The molecule has 0 spiro atoms. The lowest BCUT2D eigenvalue weighted by Crippen LogP contribution is -2.25. The van der Waals surface area contributed by atoms with Gasteiger partial charge in [-0.2, -0.15) is 0 Å². The van der Waals surface area contributed by atoms with E-state index in [1.165, 1.54) is 18.2 Å². The summed E-state index contributed by atoms with van der Waals surface area (Å²) in [5, 5.41) is 12.7. The molecular weight excluding hydrogens is 323 g/mol. The first-order valence-electron chi connectivity index (χ1n) is 8.07. The van der Waals surface area contributed by atoms with E-state index in [9.17, 15) is 14.3 Å². The van der Waals surface area contributed by atoms with Gasteiger partial charge in [0.1, 0.15) is 11.4 Å². The Morgan fingerprint density at radius 3 is 2.68 bits per heavy atom. The molecule has 25 heavy (non-hydrogen) atoms. The Kier molecular flexibility index (Phi) is 6.09. The van der Waals surface area contributed by atoms with Crippen molar-refractivity contribution in [2.24, 2.45) is 0 Å². The Morgan fingerprint density at radius 1 is 1.32 bits per heavy atom. The average Bonchev–Trinajstić information content (AvgIpc) is 2.53. The van der Waals surface area contributed by atoms with Crippen LogP contribution in [0.25, 0.3) is 0 Å². The van der Waals surface area contributed by atoms with Crippen LogP contribution in [0, 0.1) is 5.82 Å². The van der Waals surface area contributed by atoms with Crippen LogP contribution in [-0.4, -0.2) is 21.6 Å². The monoisotopic (exact) mass is 346 g/mol. The van der Waals surface area contributed by atoms with Crippen LogP contribution in [0.1, 0.15) is 44.4 Å². The maximum atomic E-state index is 13.1. The highest BCUT2D eigenvalue weighted by atomic mass is 19.1. The van der Waals surface area contributed by atoms with Crippen molar-refractivity contribution in [1.82, 2.24) is 10.3 Å². The summed E-state index contributed by atoms with van der Waals surface area (Å²) in [4.78, 5) is 16.1. The summed E-state index contributed by atoms with van der Waals surface area (Å²) in [7, 11) is 0. The summed E-state index contributed by atoms with van der Waals surface area (Å²) in [6, 6.07) is 9.15. The predicted molar refractivity (Wildman–Crippen MR) is 92.4 cm³/mol. The van der Waals surface area contributed by atoms with Gasteiger partial charge in [-0.3, -0.25) is 4.79 Å². The van der Waals surface area contributed by atoms with E-state index in [2.05, 4.69) is 10.3 Å². The van der Waals surface area contributed by atoms with Gasteiger partial charge in [0.15, 0.2) is 0 Å². The number of aliphatic hydroxyl groups excluding tert-OH is 1. The molecule has 6 heteroatoms. The predicted octanol–water partition coefficient (Wildman–Crippen LogP) is 3.14. The highest BCUT2D eigenvalue weighted by Crippen LogP contribution is 2.18. The summed E-state index contributed by atoms with van der Waals surface area (Å²) in [5.74, 6) is -0.253. The minimum atomic E-state index is -1.05. The maximum Gasteiger partial charge on any atom is 0.223 e. The van der Waals surface area contributed by atoms with Crippen LogP contribution in [0.15, 0.2) is 42.6 Å². The smallest absolute Gasteiger partial charge is 0.223 e. The van der Waals surface area contributed by atoms with Gasteiger partial charge < -0.3 is 15.2 Å². The molecule has 1 atom stereocenters. The van der Waals surface area contributed by atoms with Crippen molar-refractivity contribution in [3.8, 4) is 5.88 Å². The molecule has 0 bridgehead atoms. The van der Waals surface area contributed by atoms with Gasteiger partial charge in [0.25, 0.3) is 0 Å². The first-order valence-corrected chi connectivity index (χ1v) is 8.07. The number of aliphatic hydroxyl groups is 1. The second-order valence-corrected chi connectivity index (χ2v) is 6.77. The summed E-state index contributed by atoms with van der Waals surface area (Å²) in [5.41, 5.74) is 0.867. The first kappa shape index (κ1) is 18.9. The summed E-state index contributed by atoms with van der Waals surface area (Å²) in [6.45, 7) is 6.10. The highest BCUT2D eigenvalue weighted by Gasteiger charge is 2.14. The van der Waals surface area contributed by atoms with Gasteiger partial charge in [0.05, 0.1) is 12.5 Å². The topological polar surface area (TPSA) is 71.5 Å². The average molecular weight is 346 g/mol. The van der Waals surface area contributed by atoms with Gasteiger partial charge in [0.2, 0.25) is 11.8 Å². The molecule has 2 rings (SSSR count). The van der Waals surface area contributed by atoms with Crippen LogP contribution >= 0.6 is 0 Å². The molecule has 1 aromatic carbocycles. The van der Waals surface area contributed by atoms with Crippen LogP contribution < -0.4 is 10.1 Å². The number of halogens is 1. The molecule has 1 aromatic heterocycles. The molecule has 1 amide bonds. The number of amides is 1. The van der Waals surface area contributed by atoms with Crippen LogP contribution in [0.5, 0.6) is 5.88 Å². The standard InChI is InChI=1S/C19H23FN2O3/c1-19(2,3)25-18-8-7-13(12-22-18)11-21-17(24)10-16(23)14-5-4-6-15(20)9-14/h4-9,12,16,23H,10-11H2,1-3H3,(H,21,24). The largest absolute Gasteiger partial charge is 0.472 e. The number of benzene rings is 1. The lowest BCUT2D eigenvalue weighted by atomic mass is 10.1. The lowest BCUT2D eigenvalue weighted by Gasteiger charge is -2.20. The van der Waals surface area contributed by atoms with E-state index in [1.807, 2.05) is 26.8 Å². The van der Waals surface area contributed by atoms with Crippen molar-refractivity contribution in [2.75, 3.05) is 0 Å². The molecule has 2 aromatic rings. The molecule has 134 valence electrons. The Labute approximate surface area is 146 Å². The quantitative estimate of drug-likeness (QED) is 0.843. The van der Waals surface area contributed by atoms with Crippen LogP contribution in [0.4, 0.5) is 4.39 Å². The maximum absolute atomic E-state index is 13.1. The third kappa shape index (κ3) is 6.51. The van der Waals surface area contributed by atoms with E-state index in [1.54, 1.807) is 18.3 Å². The summed E-state index contributed by atoms with van der Waals surface area (Å²) < 4.78 is 18.8. The molecule has 0 fully saturated rings. The Hall–Kier alpha value is -2.47. The van der Waals surface area contributed by atoms with Gasteiger partial charge in [-0.15, -0.1) is 0 Å². The van der Waals surface area contributed by atoms with E-state index in [4.69, 9.17) is 4.74 Å². The van der Waals surface area contributed by atoms with E-state index in [0.717, 1.165) is 5.56 Å². The Morgan fingerprint density at radius 2 is 2.08 bits per heavy atom. The summed E-state index contributed by atoms with van der Waals surface area (Å²) >= 11 is 0. The zero-order valence-corrected chi connectivity index (χ0v) is 14.6. The number of hydrogen-bond acceptors (Lipinski definition) is 4. The van der Waals surface area contributed by atoms with Crippen LogP contribution in [-0.2, 0) is 11.3 Å². The molecule has 0 aliphatic carbocycles. The zero-order chi connectivity index (χ0) is 18.4. The third-order valence-corrected chi connectivity index (χ3v) is 3.31. The van der Waals surface area contributed by atoms with Gasteiger partial charge in [-0.05, 0) is 44.0 Å². The zero-order valence-electron chi connectivity index (χ0n) is 14.6. The van der Waals surface area contributed by atoms with Gasteiger partial charge in [-0.1, -0.05) is 18.2 Å². The van der Waals surface area contributed by atoms with Crippen molar-refractivity contribution in [1.29, 1.82) is 0 Å². The molecule has 0 aliphatic rings. The second-order valence-electron chi connectivity index (χ2n) is 6.77. The number of ether oxygens (including phenoxy) is 1. The van der Waals surface area contributed by atoms with E-state index >= 15 is 0 Å². The summed E-state index contributed by atoms with van der Waals surface area (Å²) in [6.07, 6.45) is 0.448. The van der Waals surface area contributed by atoms with Crippen molar-refractivity contribution >= 4 is 5.91 Å². The molecule has 1 unspecified atom stereocenters. The Bertz CT molecular complexity index is 711. The Balaban J connectivity index is 1.83. The lowest BCUT2D eigenvalue weighted by molar-refractivity contribution is -0.123. The van der Waals surface area contributed by atoms with Crippen LogP contribution in [0.2, 0.25) is 0 Å². The molecule has 0 saturated heterocycles. The SMILES string of the molecule is CC(C)(C)Oc1ccc(CNC(=O)CC(O)c2cccc(F)c2)cn1. The number of rotatable bonds is 6. The number of pyridine rings is 1. The normalized spacial score (nSPS) is 12.5. The minimum Gasteiger partial charge on any atom is -0.472 e. The fourth-order valence-corrected chi connectivity index (χ4v) is 2.17. The fourth-order valence-electron chi connectivity index (χ4n) is 2.17. The van der Waals surface area contributed by atoms with E-state index < -0.39 is 11.9 Å². The third-order valence-electron chi connectivity index (χ3n) is 3.31. The molecule has 0 radical (unpaired) electrons. The van der Waals surface area contributed by atoms with Crippen molar-refractivity contribution in [2.45, 2.75) is 45.4 Å². The van der Waals surface area contributed by atoms with E-state index in [-0.39, 0.29) is 24.5 Å². The van der Waals surface area contributed by atoms with Crippen molar-refractivity contribution < 1.29 is 19.0 Å². The number of carbonyl (C=O) groups excluding carboxylic acids is 1.